The van der Waals surface area contributed by atoms with Gasteiger partial charge in [-0.2, -0.15) is 0 Å². The highest BCUT2D eigenvalue weighted by atomic mass is 35.5. The van der Waals surface area contributed by atoms with E-state index >= 15 is 0 Å². The topological polar surface area (TPSA) is 0 Å². The SMILES string of the molecule is CCC(Cl)C(C)CCC(C)C. The van der Waals surface area contributed by atoms with Gasteiger partial charge in [0, 0.05) is 5.38 Å². The van der Waals surface area contributed by atoms with Crippen molar-refractivity contribution < 1.29 is 0 Å². The molecule has 0 aliphatic rings. The summed E-state index contributed by atoms with van der Waals surface area (Å²) in [7, 11) is 0. The van der Waals surface area contributed by atoms with Crippen LogP contribution in [-0.4, -0.2) is 5.38 Å². The molecule has 0 fully saturated rings. The van der Waals surface area contributed by atoms with E-state index in [9.17, 15) is 0 Å². The van der Waals surface area contributed by atoms with Gasteiger partial charge in [0.1, 0.15) is 0 Å². The van der Waals surface area contributed by atoms with Crippen molar-refractivity contribution in [3.8, 4) is 0 Å². The average Bonchev–Trinajstić information content (AvgIpc) is 1.98. The second-order valence-corrected chi connectivity index (χ2v) is 4.43. The predicted molar refractivity (Wildman–Crippen MR) is 53.2 cm³/mol. The van der Waals surface area contributed by atoms with Crippen LogP contribution in [0.1, 0.15) is 47.0 Å². The number of alkyl halides is 1. The van der Waals surface area contributed by atoms with E-state index in [1.165, 1.54) is 12.8 Å². The first-order chi connectivity index (χ1) is 5.07. The Labute approximate surface area is 76.3 Å². The molecule has 0 heterocycles. The van der Waals surface area contributed by atoms with E-state index in [1.54, 1.807) is 0 Å². The van der Waals surface area contributed by atoms with E-state index in [0.717, 1.165) is 12.3 Å². The van der Waals surface area contributed by atoms with Crippen LogP contribution in [0.4, 0.5) is 0 Å². The number of rotatable bonds is 5. The summed E-state index contributed by atoms with van der Waals surface area (Å²) in [4.78, 5) is 0. The first-order valence-corrected chi connectivity index (χ1v) is 5.15. The van der Waals surface area contributed by atoms with Crippen molar-refractivity contribution in [3.63, 3.8) is 0 Å². The van der Waals surface area contributed by atoms with Gasteiger partial charge in [0.15, 0.2) is 0 Å². The standard InChI is InChI=1S/C10H21Cl/c1-5-10(11)9(4)7-6-8(2)3/h8-10H,5-7H2,1-4H3. The Kier molecular flexibility index (Phi) is 6.03. The molecule has 0 aromatic carbocycles. The van der Waals surface area contributed by atoms with Crippen molar-refractivity contribution in [1.82, 2.24) is 0 Å². The maximum Gasteiger partial charge on any atom is 0.0359 e. The fraction of sp³-hybridized carbons (Fsp3) is 1.00. The molecule has 0 rings (SSSR count). The van der Waals surface area contributed by atoms with E-state index in [2.05, 4.69) is 27.7 Å². The molecular weight excluding hydrogens is 156 g/mol. The molecule has 0 amide bonds. The fourth-order valence-electron chi connectivity index (χ4n) is 1.18. The largest absolute Gasteiger partial charge is 0.123 e. The molecule has 0 spiro atoms. The lowest BCUT2D eigenvalue weighted by Crippen LogP contribution is -2.10. The van der Waals surface area contributed by atoms with Crippen molar-refractivity contribution in [2.24, 2.45) is 11.8 Å². The van der Waals surface area contributed by atoms with E-state index in [0.29, 0.717) is 11.3 Å². The van der Waals surface area contributed by atoms with E-state index in [1.807, 2.05) is 0 Å². The maximum absolute atomic E-state index is 6.10. The van der Waals surface area contributed by atoms with Gasteiger partial charge >= 0.3 is 0 Å². The molecule has 0 aromatic heterocycles. The highest BCUT2D eigenvalue weighted by Gasteiger charge is 2.11. The van der Waals surface area contributed by atoms with Crippen LogP contribution in [0.25, 0.3) is 0 Å². The quantitative estimate of drug-likeness (QED) is 0.554. The van der Waals surface area contributed by atoms with E-state index in [4.69, 9.17) is 11.6 Å². The van der Waals surface area contributed by atoms with Crippen LogP contribution in [0.15, 0.2) is 0 Å². The van der Waals surface area contributed by atoms with Crippen molar-refractivity contribution in [2.75, 3.05) is 0 Å². The smallest absolute Gasteiger partial charge is 0.0359 e. The van der Waals surface area contributed by atoms with Crippen molar-refractivity contribution in [3.05, 3.63) is 0 Å². The molecule has 2 unspecified atom stereocenters. The molecule has 0 saturated heterocycles. The summed E-state index contributed by atoms with van der Waals surface area (Å²) in [5, 5.41) is 0.383. The Morgan fingerprint density at radius 2 is 1.64 bits per heavy atom. The Hall–Kier alpha value is 0.290. The zero-order chi connectivity index (χ0) is 8.85. The summed E-state index contributed by atoms with van der Waals surface area (Å²) in [6.07, 6.45) is 3.69. The molecular formula is C10H21Cl. The predicted octanol–water partition coefficient (Wildman–Crippen LogP) is 4.08. The third-order valence-corrected chi connectivity index (χ3v) is 2.95. The van der Waals surface area contributed by atoms with Crippen LogP contribution in [0, 0.1) is 11.8 Å². The van der Waals surface area contributed by atoms with Crippen molar-refractivity contribution in [2.45, 2.75) is 52.3 Å². The molecule has 11 heavy (non-hydrogen) atoms. The van der Waals surface area contributed by atoms with Crippen LogP contribution in [-0.2, 0) is 0 Å². The van der Waals surface area contributed by atoms with Gasteiger partial charge in [-0.25, -0.2) is 0 Å². The molecule has 0 N–H and O–H groups in total. The Morgan fingerprint density at radius 1 is 1.09 bits per heavy atom. The van der Waals surface area contributed by atoms with Gasteiger partial charge in [0.05, 0.1) is 0 Å². The maximum atomic E-state index is 6.10. The Balaban J connectivity index is 3.43. The van der Waals surface area contributed by atoms with Gasteiger partial charge in [0.2, 0.25) is 0 Å². The van der Waals surface area contributed by atoms with Crippen LogP contribution >= 0.6 is 11.6 Å². The van der Waals surface area contributed by atoms with Gasteiger partial charge < -0.3 is 0 Å². The minimum Gasteiger partial charge on any atom is -0.123 e. The number of hydrogen-bond acceptors (Lipinski definition) is 0. The van der Waals surface area contributed by atoms with Gasteiger partial charge in [-0.15, -0.1) is 11.6 Å². The third kappa shape index (κ3) is 5.55. The Bertz CT molecular complexity index is 88.9. The lowest BCUT2D eigenvalue weighted by atomic mass is 9.95. The number of hydrogen-bond donors (Lipinski definition) is 0. The molecule has 0 aliphatic carbocycles. The third-order valence-electron chi connectivity index (χ3n) is 2.21. The zero-order valence-corrected chi connectivity index (χ0v) is 8.99. The molecule has 2 atom stereocenters. The summed E-state index contributed by atoms with van der Waals surface area (Å²) in [5.41, 5.74) is 0. The summed E-state index contributed by atoms with van der Waals surface area (Å²) in [6, 6.07) is 0. The molecule has 0 aromatic rings. The molecule has 0 nitrogen and oxygen atoms in total. The van der Waals surface area contributed by atoms with Crippen LogP contribution in [0.5, 0.6) is 0 Å². The van der Waals surface area contributed by atoms with Gasteiger partial charge in [-0.3, -0.25) is 0 Å². The Morgan fingerprint density at radius 3 is 2.00 bits per heavy atom. The van der Waals surface area contributed by atoms with Crippen molar-refractivity contribution in [1.29, 1.82) is 0 Å². The molecule has 0 saturated carbocycles. The van der Waals surface area contributed by atoms with Gasteiger partial charge in [-0.1, -0.05) is 34.1 Å². The minimum atomic E-state index is 0.383. The average molecular weight is 177 g/mol. The first kappa shape index (κ1) is 11.3. The van der Waals surface area contributed by atoms with Crippen LogP contribution in [0.3, 0.4) is 0 Å². The second kappa shape index (κ2) is 5.88. The minimum absolute atomic E-state index is 0.383. The lowest BCUT2D eigenvalue weighted by Gasteiger charge is -2.16. The normalized spacial score (nSPS) is 16.9. The molecule has 0 bridgehead atoms. The molecule has 0 aliphatic heterocycles. The highest BCUT2D eigenvalue weighted by Crippen LogP contribution is 2.20. The fourth-order valence-corrected chi connectivity index (χ4v) is 1.31. The summed E-state index contributed by atoms with van der Waals surface area (Å²) in [5.74, 6) is 1.50. The number of halogens is 1. The van der Waals surface area contributed by atoms with Crippen LogP contribution in [0.2, 0.25) is 0 Å². The second-order valence-electron chi connectivity index (χ2n) is 3.87. The molecule has 0 radical (unpaired) electrons. The van der Waals surface area contributed by atoms with Gasteiger partial charge in [-0.05, 0) is 24.7 Å². The van der Waals surface area contributed by atoms with Crippen LogP contribution < -0.4 is 0 Å². The lowest BCUT2D eigenvalue weighted by molar-refractivity contribution is 0.430. The van der Waals surface area contributed by atoms with Crippen molar-refractivity contribution >= 4 is 11.6 Å². The summed E-state index contributed by atoms with van der Waals surface area (Å²) >= 11 is 6.10. The molecule has 1 heteroatoms. The summed E-state index contributed by atoms with van der Waals surface area (Å²) in [6.45, 7) is 8.94. The van der Waals surface area contributed by atoms with E-state index in [-0.39, 0.29) is 0 Å². The van der Waals surface area contributed by atoms with E-state index < -0.39 is 0 Å². The highest BCUT2D eigenvalue weighted by molar-refractivity contribution is 6.20. The monoisotopic (exact) mass is 176 g/mol. The summed E-state index contributed by atoms with van der Waals surface area (Å²) < 4.78 is 0. The zero-order valence-electron chi connectivity index (χ0n) is 8.23. The first-order valence-electron chi connectivity index (χ1n) is 4.72. The molecule has 68 valence electrons. The van der Waals surface area contributed by atoms with Gasteiger partial charge in [0.25, 0.3) is 0 Å².